The Morgan fingerprint density at radius 2 is 0.438 bits per heavy atom. The van der Waals surface area contributed by atoms with Gasteiger partial charge in [0.1, 0.15) is 0 Å². The monoisotopic (exact) mass is 1460 g/mol. The Morgan fingerprint density at radius 1 is 0.170 bits per heavy atom. The highest BCUT2D eigenvalue weighted by atomic mass is 28.3. The average Bonchev–Trinajstić information content (AvgIpc) is 1.08. The van der Waals surface area contributed by atoms with Crippen molar-refractivity contribution in [2.24, 2.45) is 0 Å². The Balaban J connectivity index is 0.767. The van der Waals surface area contributed by atoms with E-state index in [0.29, 0.717) is 35.2 Å². The highest BCUT2D eigenvalue weighted by Gasteiger charge is 2.43. The summed E-state index contributed by atoms with van der Waals surface area (Å²) in [5.74, 6) is 3.35. The smallest absolute Gasteiger partial charge is 0.240 e. The van der Waals surface area contributed by atoms with Crippen molar-refractivity contribution in [3.8, 4) is 90.8 Å². The summed E-state index contributed by atoms with van der Waals surface area (Å²) in [4.78, 5) is 33.5. The van der Waals surface area contributed by atoms with E-state index in [2.05, 4.69) is 416 Å². The molecule has 0 aliphatic heterocycles. The molecule has 0 bridgehead atoms. The summed E-state index contributed by atoms with van der Waals surface area (Å²) in [5, 5.41) is 14.5. The molecule has 8 nitrogen and oxygen atoms in total. The van der Waals surface area contributed by atoms with Crippen molar-refractivity contribution in [2.45, 2.75) is 0 Å². The zero-order valence-electron chi connectivity index (χ0n) is 61.0. The lowest BCUT2D eigenvalue weighted by Gasteiger charge is -2.35. The maximum Gasteiger partial charge on any atom is 0.240 e. The highest BCUT2D eigenvalue weighted by Crippen LogP contribution is 2.44. The summed E-state index contributed by atoms with van der Waals surface area (Å²) in [7, 11) is -6.20. The Hall–Kier alpha value is -14.4. The molecule has 0 saturated heterocycles. The van der Waals surface area contributed by atoms with Gasteiger partial charge >= 0.3 is 0 Å². The number of nitrogens with zero attached hydrogens (tertiary/aromatic N) is 8. The van der Waals surface area contributed by atoms with Crippen molar-refractivity contribution >= 4 is 101 Å². The minimum absolute atomic E-state index is 0.512. The van der Waals surface area contributed by atoms with Crippen molar-refractivity contribution in [1.82, 2.24) is 39.0 Å². The van der Waals surface area contributed by atoms with Gasteiger partial charge in [0.2, 0.25) is 11.9 Å². The lowest BCUT2D eigenvalue weighted by molar-refractivity contribution is 0.893. The van der Waals surface area contributed by atoms with Crippen LogP contribution in [0.2, 0.25) is 0 Å². The molecule has 0 unspecified atom stereocenters. The van der Waals surface area contributed by atoms with Crippen LogP contribution in [0, 0.1) is 0 Å². The number of fused-ring (bicyclic) bond motifs is 6. The van der Waals surface area contributed by atoms with E-state index >= 15 is 0 Å². The van der Waals surface area contributed by atoms with Gasteiger partial charge in [-0.3, -0.25) is 9.13 Å². The first-order valence-electron chi connectivity index (χ1n) is 38.0. The first-order valence-corrected chi connectivity index (χ1v) is 42.0. The fraction of sp³-hybridized carbons (Fsp3) is 0. The highest BCUT2D eigenvalue weighted by molar-refractivity contribution is 7.20. The van der Waals surface area contributed by atoms with Gasteiger partial charge in [0.25, 0.3) is 0 Å². The van der Waals surface area contributed by atoms with Crippen LogP contribution in [0.3, 0.4) is 0 Å². The van der Waals surface area contributed by atoms with Crippen LogP contribution in [-0.2, 0) is 0 Å². The molecule has 0 amide bonds. The lowest BCUT2D eigenvalue weighted by Crippen LogP contribution is -2.74. The standard InChI is InChI=1S/C102H70N8Si2/c1-9-35-72(36-10-1)90-69-77(70-91(73-37-11-2-12-38-73)96(90)100-106-101(109-92-59-29-25-55-86(92)87-56-26-30-60-93(87)109)108-102(107-100)110-94-61-31-27-57-88(94)89-58-28-32-62-95(89)110)71-63-65-83(66-64-71)112(81-49-21-7-22-50-81,82-51-23-8-24-52-82)85-54-34-42-76(68-85)99-104-97(74-39-13-3-14-40-74)103-98(105-99)75-41-33-53-84(67-75)111(78-43-15-4-16-44-78,79-45-17-5-18-46-79)80-47-19-6-20-48-80/h1-70H. The molecule has 112 heavy (non-hydrogen) atoms. The number of hydrogen-bond acceptors (Lipinski definition) is 6. The fourth-order valence-corrected chi connectivity index (χ4v) is 26.7. The van der Waals surface area contributed by atoms with Crippen molar-refractivity contribution < 1.29 is 0 Å². The zero-order valence-corrected chi connectivity index (χ0v) is 63.0. The van der Waals surface area contributed by atoms with Gasteiger partial charge in [0, 0.05) is 43.8 Å². The van der Waals surface area contributed by atoms with Crippen molar-refractivity contribution in [3.05, 3.63) is 425 Å². The summed E-state index contributed by atoms with van der Waals surface area (Å²) < 4.78 is 4.42. The van der Waals surface area contributed by atoms with Crippen molar-refractivity contribution in [2.75, 3.05) is 0 Å². The topological polar surface area (TPSA) is 87.2 Å². The molecule has 0 atom stereocenters. The molecule has 10 heteroatoms. The van der Waals surface area contributed by atoms with Gasteiger partial charge in [-0.05, 0) is 111 Å². The summed E-state index contributed by atoms with van der Waals surface area (Å²) in [6, 6.07) is 154. The molecular weight excluding hydrogens is 1390 g/mol. The molecule has 0 saturated carbocycles. The van der Waals surface area contributed by atoms with E-state index in [1.165, 1.54) is 41.5 Å². The van der Waals surface area contributed by atoms with E-state index in [-0.39, 0.29) is 0 Å². The third-order valence-corrected chi connectivity index (χ3v) is 31.7. The number of benzene rings is 16. The minimum Gasteiger partial charge on any atom is -0.278 e. The molecule has 526 valence electrons. The number of para-hydroxylation sites is 4. The van der Waals surface area contributed by atoms with E-state index in [0.717, 1.165) is 99.2 Å². The van der Waals surface area contributed by atoms with Crippen molar-refractivity contribution in [3.63, 3.8) is 0 Å². The van der Waals surface area contributed by atoms with Gasteiger partial charge in [0.15, 0.2) is 39.4 Å². The van der Waals surface area contributed by atoms with Crippen LogP contribution in [0.5, 0.6) is 0 Å². The Morgan fingerprint density at radius 3 is 0.777 bits per heavy atom. The molecule has 0 spiro atoms. The van der Waals surface area contributed by atoms with Crippen LogP contribution in [0.25, 0.3) is 134 Å². The van der Waals surface area contributed by atoms with Crippen LogP contribution in [-0.4, -0.2) is 55.2 Å². The molecule has 0 radical (unpaired) electrons. The molecule has 0 N–H and O–H groups in total. The van der Waals surface area contributed by atoms with Crippen LogP contribution in [0.4, 0.5) is 0 Å². The van der Waals surface area contributed by atoms with E-state index < -0.39 is 16.1 Å². The number of hydrogen-bond donors (Lipinski definition) is 0. The molecule has 20 rings (SSSR count). The number of rotatable bonds is 17. The second-order valence-corrected chi connectivity index (χ2v) is 36.0. The quantitative estimate of drug-likeness (QED) is 0.0667. The van der Waals surface area contributed by atoms with Gasteiger partial charge in [0.05, 0.1) is 22.1 Å². The SMILES string of the molecule is c1ccc(-c2nc(-c3cccc([Si](c4ccccc4)(c4ccccc4)c4ccccc4)c3)nc(-c3cccc([Si](c4ccccc4)(c4ccccc4)c4ccc(-c5cc(-c6ccccc6)c(-c6nc(-n7c8ccccc8c8ccccc87)nc(-n7c8ccccc8c8ccccc87)n6)c(-c6ccccc6)c5)cc4)c3)n2)cc1. The normalized spacial score (nSPS) is 11.8. The lowest BCUT2D eigenvalue weighted by atomic mass is 9.87. The predicted octanol–water partition coefficient (Wildman–Crippen LogP) is 18.7. The van der Waals surface area contributed by atoms with Crippen LogP contribution >= 0.6 is 0 Å². The maximum atomic E-state index is 5.74. The van der Waals surface area contributed by atoms with E-state index in [9.17, 15) is 0 Å². The molecule has 0 fully saturated rings. The third kappa shape index (κ3) is 11.6. The average molecular weight is 1460 g/mol. The van der Waals surface area contributed by atoms with Crippen LogP contribution in [0.1, 0.15) is 0 Å². The summed E-state index contributed by atoms with van der Waals surface area (Å²) >= 11 is 0. The minimum atomic E-state index is -3.27. The van der Waals surface area contributed by atoms with Gasteiger partial charge in [-0.15, -0.1) is 0 Å². The molecule has 16 aromatic carbocycles. The second kappa shape index (κ2) is 28.6. The molecule has 4 aromatic heterocycles. The Kier molecular flexibility index (Phi) is 17.1. The molecule has 20 aromatic rings. The van der Waals surface area contributed by atoms with Gasteiger partial charge in [-0.25, -0.2) is 15.0 Å². The fourth-order valence-electron chi connectivity index (χ4n) is 17.2. The van der Waals surface area contributed by atoms with E-state index in [4.69, 9.17) is 29.9 Å². The summed E-state index contributed by atoms with van der Waals surface area (Å²) in [5.41, 5.74) is 13.7. The summed E-state index contributed by atoms with van der Waals surface area (Å²) in [6.07, 6.45) is 0. The second-order valence-electron chi connectivity index (χ2n) is 28.4. The van der Waals surface area contributed by atoms with Gasteiger partial charge in [-0.1, -0.05) is 388 Å². The zero-order chi connectivity index (χ0) is 74.4. The summed E-state index contributed by atoms with van der Waals surface area (Å²) in [6.45, 7) is 0. The Bertz CT molecular complexity index is 6410. The molecule has 0 aliphatic carbocycles. The first-order chi connectivity index (χ1) is 55.5. The first kappa shape index (κ1) is 67.0. The molecular formula is C102H70N8Si2. The number of aromatic nitrogens is 8. The Labute approximate surface area is 651 Å². The van der Waals surface area contributed by atoms with Crippen LogP contribution < -0.4 is 41.5 Å². The third-order valence-electron chi connectivity index (χ3n) is 22.2. The molecule has 0 aliphatic rings. The predicted molar refractivity (Wildman–Crippen MR) is 467 cm³/mol. The van der Waals surface area contributed by atoms with Crippen LogP contribution in [0.15, 0.2) is 425 Å². The van der Waals surface area contributed by atoms with E-state index in [1.54, 1.807) is 0 Å². The largest absolute Gasteiger partial charge is 0.278 e. The van der Waals surface area contributed by atoms with Crippen molar-refractivity contribution in [1.29, 1.82) is 0 Å². The van der Waals surface area contributed by atoms with E-state index in [1.807, 2.05) is 18.2 Å². The molecule has 4 heterocycles. The van der Waals surface area contributed by atoms with Gasteiger partial charge < -0.3 is 0 Å². The maximum absolute atomic E-state index is 5.74. The van der Waals surface area contributed by atoms with Gasteiger partial charge in [-0.2, -0.15) is 15.0 Å².